The maximum atomic E-state index is 12.7. The van der Waals surface area contributed by atoms with Crippen molar-refractivity contribution in [2.75, 3.05) is 26.7 Å². The second-order valence-corrected chi connectivity index (χ2v) is 7.48. The molecule has 1 fully saturated rings. The molecule has 1 saturated heterocycles. The maximum absolute atomic E-state index is 12.7. The van der Waals surface area contributed by atoms with Gasteiger partial charge in [-0.05, 0) is 62.2 Å². The number of nitrogens with zero attached hydrogens (tertiary/aromatic N) is 1. The third-order valence-corrected chi connectivity index (χ3v) is 5.71. The van der Waals surface area contributed by atoms with Crippen LogP contribution in [0.15, 0.2) is 36.4 Å². The number of carbonyl (C=O) groups is 1. The lowest BCUT2D eigenvalue weighted by molar-refractivity contribution is 0.0696. The Labute approximate surface area is 158 Å². The number of halogens is 2. The van der Waals surface area contributed by atoms with Crippen molar-refractivity contribution in [3.05, 3.63) is 46.3 Å². The summed E-state index contributed by atoms with van der Waals surface area (Å²) in [4.78, 5) is 16.6. The molecule has 130 valence electrons. The number of piperidine rings is 1. The maximum Gasteiger partial charge on any atom is 0.263 e. The van der Waals surface area contributed by atoms with Gasteiger partial charge in [0.2, 0.25) is 0 Å². The lowest BCUT2D eigenvalue weighted by Gasteiger charge is -2.31. The average Bonchev–Trinajstić information content (AvgIpc) is 3.06. The smallest absolute Gasteiger partial charge is 0.263 e. The van der Waals surface area contributed by atoms with E-state index in [9.17, 15) is 4.79 Å². The van der Waals surface area contributed by atoms with Gasteiger partial charge in [0, 0.05) is 23.0 Å². The number of hydrogen-bond acceptors (Lipinski definition) is 3. The first-order chi connectivity index (χ1) is 11.2. The topological polar surface area (TPSA) is 32.3 Å². The lowest BCUT2D eigenvalue weighted by atomic mass is 9.97. The molecule has 0 unspecified atom stereocenters. The van der Waals surface area contributed by atoms with Crippen molar-refractivity contribution >= 4 is 41.3 Å². The van der Waals surface area contributed by atoms with Gasteiger partial charge in [0.15, 0.2) is 0 Å². The molecule has 1 aromatic carbocycles. The predicted octanol–water partition coefficient (Wildman–Crippen LogP) is 4.56. The molecule has 0 aliphatic carbocycles. The van der Waals surface area contributed by atoms with Crippen LogP contribution in [0.2, 0.25) is 5.02 Å². The summed E-state index contributed by atoms with van der Waals surface area (Å²) in [7, 11) is 1.99. The van der Waals surface area contributed by atoms with Crippen LogP contribution in [0.3, 0.4) is 0 Å². The van der Waals surface area contributed by atoms with Gasteiger partial charge in [-0.25, -0.2) is 0 Å². The van der Waals surface area contributed by atoms with Gasteiger partial charge in [0.05, 0.1) is 4.88 Å². The summed E-state index contributed by atoms with van der Waals surface area (Å²) in [6.45, 7) is 2.76. The van der Waals surface area contributed by atoms with Gasteiger partial charge in [-0.2, -0.15) is 0 Å². The summed E-state index contributed by atoms with van der Waals surface area (Å²) < 4.78 is 0. The van der Waals surface area contributed by atoms with Crippen molar-refractivity contribution in [3.63, 3.8) is 0 Å². The number of carbonyl (C=O) groups excluding carboxylic acids is 1. The zero-order chi connectivity index (χ0) is 16.2. The quantitative estimate of drug-likeness (QED) is 0.837. The van der Waals surface area contributed by atoms with Crippen molar-refractivity contribution < 1.29 is 4.79 Å². The number of rotatable bonds is 4. The van der Waals surface area contributed by atoms with E-state index in [1.165, 1.54) is 0 Å². The standard InChI is InChI=1S/C18H21ClN2OS.ClH/c1-20-12-13-8-10-21(11-9-13)18(22)17-7-6-16(23-17)14-2-4-15(19)5-3-14;/h2-7,13,20H,8-12H2,1H3;1H. The zero-order valence-electron chi connectivity index (χ0n) is 13.6. The van der Waals surface area contributed by atoms with E-state index < -0.39 is 0 Å². The van der Waals surface area contributed by atoms with E-state index in [0.717, 1.165) is 52.8 Å². The molecule has 2 heterocycles. The Morgan fingerprint density at radius 2 is 1.88 bits per heavy atom. The zero-order valence-corrected chi connectivity index (χ0v) is 16.0. The molecular weight excluding hydrogens is 363 g/mol. The van der Waals surface area contributed by atoms with Crippen LogP contribution in [0.5, 0.6) is 0 Å². The number of thiophene rings is 1. The Balaban J connectivity index is 0.00000208. The molecule has 0 saturated carbocycles. The minimum absolute atomic E-state index is 0. The molecule has 1 aliphatic heterocycles. The van der Waals surface area contributed by atoms with Crippen LogP contribution in [0, 0.1) is 5.92 Å². The molecule has 0 bridgehead atoms. The first-order valence-corrected chi connectivity index (χ1v) is 9.16. The minimum Gasteiger partial charge on any atom is -0.338 e. The molecule has 0 spiro atoms. The van der Waals surface area contributed by atoms with Crippen LogP contribution in [0.1, 0.15) is 22.5 Å². The molecule has 6 heteroatoms. The van der Waals surface area contributed by atoms with E-state index in [-0.39, 0.29) is 18.3 Å². The van der Waals surface area contributed by atoms with Gasteiger partial charge >= 0.3 is 0 Å². The molecule has 3 rings (SSSR count). The summed E-state index contributed by atoms with van der Waals surface area (Å²) in [5, 5.41) is 3.96. The Bertz CT molecular complexity index is 664. The molecule has 1 amide bonds. The average molecular weight is 385 g/mol. The largest absolute Gasteiger partial charge is 0.338 e. The second-order valence-electron chi connectivity index (χ2n) is 5.96. The molecule has 1 N–H and O–H groups in total. The second kappa shape index (κ2) is 8.86. The number of hydrogen-bond donors (Lipinski definition) is 1. The van der Waals surface area contributed by atoms with E-state index in [0.29, 0.717) is 5.92 Å². The lowest BCUT2D eigenvalue weighted by Crippen LogP contribution is -2.40. The number of benzene rings is 1. The highest BCUT2D eigenvalue weighted by atomic mass is 35.5. The summed E-state index contributed by atoms with van der Waals surface area (Å²) in [5.41, 5.74) is 1.10. The highest BCUT2D eigenvalue weighted by Crippen LogP contribution is 2.30. The fraction of sp³-hybridized carbons (Fsp3) is 0.389. The van der Waals surface area contributed by atoms with E-state index in [2.05, 4.69) is 5.32 Å². The van der Waals surface area contributed by atoms with Crippen LogP contribution >= 0.6 is 35.3 Å². The van der Waals surface area contributed by atoms with Crippen molar-refractivity contribution in [2.45, 2.75) is 12.8 Å². The van der Waals surface area contributed by atoms with Crippen molar-refractivity contribution in [2.24, 2.45) is 5.92 Å². The molecule has 2 aromatic rings. The van der Waals surface area contributed by atoms with E-state index in [4.69, 9.17) is 11.6 Å². The third kappa shape index (κ3) is 4.51. The monoisotopic (exact) mass is 384 g/mol. The molecule has 0 radical (unpaired) electrons. The van der Waals surface area contributed by atoms with E-state index >= 15 is 0 Å². The highest BCUT2D eigenvalue weighted by molar-refractivity contribution is 7.17. The Morgan fingerprint density at radius 1 is 1.21 bits per heavy atom. The summed E-state index contributed by atoms with van der Waals surface area (Å²) in [5.74, 6) is 0.857. The number of likely N-dealkylation sites (tertiary alicyclic amines) is 1. The number of amides is 1. The van der Waals surface area contributed by atoms with Crippen LogP contribution in [0.4, 0.5) is 0 Å². The molecule has 0 atom stereocenters. The Morgan fingerprint density at radius 3 is 2.50 bits per heavy atom. The fourth-order valence-electron chi connectivity index (χ4n) is 3.01. The van der Waals surface area contributed by atoms with E-state index in [1.54, 1.807) is 11.3 Å². The van der Waals surface area contributed by atoms with Gasteiger partial charge in [-0.1, -0.05) is 23.7 Å². The summed E-state index contributed by atoms with van der Waals surface area (Å²) in [6, 6.07) is 11.7. The van der Waals surface area contributed by atoms with Gasteiger partial charge in [-0.3, -0.25) is 4.79 Å². The third-order valence-electron chi connectivity index (χ3n) is 4.34. The summed E-state index contributed by atoms with van der Waals surface area (Å²) in [6.07, 6.45) is 2.17. The molecule has 1 aromatic heterocycles. The Kier molecular flexibility index (Phi) is 7.11. The van der Waals surface area contributed by atoms with Gasteiger partial charge in [0.25, 0.3) is 5.91 Å². The van der Waals surface area contributed by atoms with Gasteiger partial charge < -0.3 is 10.2 Å². The van der Waals surface area contributed by atoms with Crippen molar-refractivity contribution in [3.8, 4) is 10.4 Å². The van der Waals surface area contributed by atoms with Crippen molar-refractivity contribution in [1.29, 1.82) is 0 Å². The van der Waals surface area contributed by atoms with Gasteiger partial charge in [0.1, 0.15) is 0 Å². The number of nitrogens with one attached hydrogen (secondary N) is 1. The van der Waals surface area contributed by atoms with Crippen LogP contribution in [0.25, 0.3) is 10.4 Å². The molecule has 1 aliphatic rings. The first kappa shape index (κ1) is 19.3. The predicted molar refractivity (Wildman–Crippen MR) is 105 cm³/mol. The van der Waals surface area contributed by atoms with Crippen LogP contribution in [-0.4, -0.2) is 37.5 Å². The highest BCUT2D eigenvalue weighted by Gasteiger charge is 2.24. The fourth-order valence-corrected chi connectivity index (χ4v) is 4.11. The minimum atomic E-state index is 0. The molecule has 24 heavy (non-hydrogen) atoms. The normalized spacial score (nSPS) is 15.2. The van der Waals surface area contributed by atoms with Crippen LogP contribution < -0.4 is 5.32 Å². The Hall–Kier alpha value is -1.07. The van der Waals surface area contributed by atoms with Crippen molar-refractivity contribution in [1.82, 2.24) is 10.2 Å². The summed E-state index contributed by atoms with van der Waals surface area (Å²) >= 11 is 7.49. The molecular formula is C18H22Cl2N2OS. The van der Waals surface area contributed by atoms with Crippen LogP contribution in [-0.2, 0) is 0 Å². The van der Waals surface area contributed by atoms with E-state index in [1.807, 2.05) is 48.3 Å². The van der Waals surface area contributed by atoms with Gasteiger partial charge in [-0.15, -0.1) is 23.7 Å². The first-order valence-electron chi connectivity index (χ1n) is 7.97. The SMILES string of the molecule is CNCC1CCN(C(=O)c2ccc(-c3ccc(Cl)cc3)s2)CC1.Cl. The molecule has 3 nitrogen and oxygen atoms in total.